The third-order valence-electron chi connectivity index (χ3n) is 4.04. The van der Waals surface area contributed by atoms with E-state index in [-0.39, 0.29) is 26.0 Å². The predicted molar refractivity (Wildman–Crippen MR) is 103 cm³/mol. The first kappa shape index (κ1) is 18.9. The Labute approximate surface area is 149 Å². The fourth-order valence-electron chi connectivity index (χ4n) is 3.05. The molecule has 0 bridgehead atoms. The molecule has 7 nitrogen and oxygen atoms in total. The van der Waals surface area contributed by atoms with Gasteiger partial charge in [0.25, 0.3) is 5.56 Å². The highest BCUT2D eigenvalue weighted by Gasteiger charge is 2.20. The van der Waals surface area contributed by atoms with Crippen LogP contribution < -0.4 is 16.6 Å². The fourth-order valence-corrected chi connectivity index (χ4v) is 3.05. The van der Waals surface area contributed by atoms with E-state index >= 15 is 0 Å². The van der Waals surface area contributed by atoms with Crippen molar-refractivity contribution in [3.63, 3.8) is 0 Å². The number of hydrogen-bond acceptors (Lipinski definition) is 4. The third kappa shape index (κ3) is 4.55. The zero-order chi connectivity index (χ0) is 18.4. The summed E-state index contributed by atoms with van der Waals surface area (Å²) in [6.45, 7) is 5.64. The van der Waals surface area contributed by atoms with Gasteiger partial charge in [0.05, 0.1) is 17.3 Å². The molecule has 2 heterocycles. The van der Waals surface area contributed by atoms with Crippen LogP contribution in [0.2, 0.25) is 0 Å². The maximum absolute atomic E-state index is 12.7. The second-order valence-electron chi connectivity index (χ2n) is 6.41. The summed E-state index contributed by atoms with van der Waals surface area (Å²) < 4.78 is 1.31. The number of pyridine rings is 1. The number of carbonyl (C=O) groups is 1. The molecule has 1 aliphatic rings. The lowest BCUT2D eigenvalue weighted by molar-refractivity contribution is -0.114. The van der Waals surface area contributed by atoms with Gasteiger partial charge in [0.15, 0.2) is 0 Å². The molecule has 0 aromatic carbocycles. The van der Waals surface area contributed by atoms with Crippen LogP contribution in [-0.2, 0) is 4.79 Å². The van der Waals surface area contributed by atoms with Crippen molar-refractivity contribution in [2.45, 2.75) is 65.3 Å². The summed E-state index contributed by atoms with van der Waals surface area (Å²) in [6.07, 6.45) is 7.55. The third-order valence-corrected chi connectivity index (χ3v) is 4.04. The maximum atomic E-state index is 12.7. The van der Waals surface area contributed by atoms with Crippen molar-refractivity contribution in [1.29, 1.82) is 0 Å². The summed E-state index contributed by atoms with van der Waals surface area (Å²) in [7, 11) is 0. The number of amides is 1. The van der Waals surface area contributed by atoms with Gasteiger partial charge >= 0.3 is 5.69 Å². The minimum absolute atomic E-state index is 0. The Morgan fingerprint density at radius 2 is 1.96 bits per heavy atom. The molecule has 0 unspecified atom stereocenters. The van der Waals surface area contributed by atoms with E-state index in [1.165, 1.54) is 24.1 Å². The zero-order valence-electron chi connectivity index (χ0n) is 15.1. The summed E-state index contributed by atoms with van der Waals surface area (Å²) in [5.41, 5.74) is -0.0648. The van der Waals surface area contributed by atoms with Gasteiger partial charge < -0.3 is 5.32 Å². The number of aromatic amines is 1. The van der Waals surface area contributed by atoms with Crippen molar-refractivity contribution in [2.24, 2.45) is 0 Å². The van der Waals surface area contributed by atoms with Gasteiger partial charge in [-0.25, -0.2) is 9.78 Å². The molecular formula is C18H30N4O3. The van der Waals surface area contributed by atoms with E-state index in [1.54, 1.807) is 6.07 Å². The van der Waals surface area contributed by atoms with Crippen molar-refractivity contribution < 1.29 is 7.65 Å². The molecule has 7 heteroatoms. The highest BCUT2D eigenvalue weighted by atomic mass is 16.2. The molecule has 0 spiro atoms. The lowest BCUT2D eigenvalue weighted by Crippen LogP contribution is -2.39. The Kier molecular flexibility index (Phi) is 6.50. The zero-order valence-corrected chi connectivity index (χ0v) is 15.1. The number of H-pyrrole nitrogens is 1. The first-order valence-corrected chi connectivity index (χ1v) is 8.90. The van der Waals surface area contributed by atoms with E-state index in [9.17, 15) is 14.4 Å². The van der Waals surface area contributed by atoms with Gasteiger partial charge in [0.2, 0.25) is 5.91 Å². The molecule has 3 rings (SSSR count). The molecular weight excluding hydrogens is 320 g/mol. The second kappa shape index (κ2) is 8.60. The molecule has 1 saturated carbocycles. The molecule has 0 radical (unpaired) electrons. The first-order chi connectivity index (χ1) is 12.0. The standard InChI is InChI=1S/C15H18N4O3.C3H8.2H2/c1-9(20)17-10-7-12-13(16-8-10)18-15(22)19(14(12)21)11-5-3-2-4-6-11;1-3-2;;/h7-8,11H,2-6H2,1H3,(H,17,20)(H,16,18,22);3H2,1-2H3;2*1H. The molecule has 25 heavy (non-hydrogen) atoms. The van der Waals surface area contributed by atoms with Crippen LogP contribution in [0.15, 0.2) is 21.9 Å². The van der Waals surface area contributed by atoms with Crippen molar-refractivity contribution in [1.82, 2.24) is 14.5 Å². The smallest absolute Gasteiger partial charge is 0.325 e. The van der Waals surface area contributed by atoms with Gasteiger partial charge in [0, 0.05) is 15.8 Å². The number of hydrogen-bond donors (Lipinski definition) is 2. The van der Waals surface area contributed by atoms with E-state index in [0.29, 0.717) is 11.1 Å². The Bertz CT molecular complexity index is 858. The van der Waals surface area contributed by atoms with Crippen molar-refractivity contribution >= 4 is 22.6 Å². The molecule has 2 N–H and O–H groups in total. The number of rotatable bonds is 2. The SMILES string of the molecule is CC(=O)Nc1cnc2[nH]c(=O)n(C3CCCCC3)c(=O)c2c1.CCC.[HH].[HH]. The highest BCUT2D eigenvalue weighted by molar-refractivity contribution is 5.90. The van der Waals surface area contributed by atoms with Gasteiger partial charge in [-0.1, -0.05) is 39.5 Å². The van der Waals surface area contributed by atoms with Crippen molar-refractivity contribution in [2.75, 3.05) is 5.32 Å². The minimum Gasteiger partial charge on any atom is -0.325 e. The molecule has 1 amide bonds. The molecule has 0 saturated heterocycles. The number of aromatic nitrogens is 3. The molecule has 1 aliphatic carbocycles. The maximum Gasteiger partial charge on any atom is 0.330 e. The molecule has 2 aromatic heterocycles. The Balaban J connectivity index is 0.00000127. The number of fused-ring (bicyclic) bond motifs is 1. The summed E-state index contributed by atoms with van der Waals surface area (Å²) in [5.74, 6) is -0.238. The topological polar surface area (TPSA) is 96.8 Å². The summed E-state index contributed by atoms with van der Waals surface area (Å²) in [6, 6.07) is 1.50. The monoisotopic (exact) mass is 350 g/mol. The lowest BCUT2D eigenvalue weighted by atomic mass is 9.95. The van der Waals surface area contributed by atoms with Crippen molar-refractivity contribution in [3.8, 4) is 0 Å². The molecule has 2 aromatic rings. The largest absolute Gasteiger partial charge is 0.330 e. The van der Waals surface area contributed by atoms with E-state index in [2.05, 4.69) is 29.1 Å². The summed E-state index contributed by atoms with van der Waals surface area (Å²) >= 11 is 0. The Morgan fingerprint density at radius 3 is 2.56 bits per heavy atom. The van der Waals surface area contributed by atoms with Crippen molar-refractivity contribution in [3.05, 3.63) is 33.1 Å². The number of carbonyl (C=O) groups excluding carboxylic acids is 1. The normalized spacial score (nSPS) is 14.7. The fraction of sp³-hybridized carbons (Fsp3) is 0.556. The van der Waals surface area contributed by atoms with Gasteiger partial charge in [0.1, 0.15) is 5.65 Å². The lowest BCUT2D eigenvalue weighted by Gasteiger charge is -2.23. The van der Waals surface area contributed by atoms with E-state index < -0.39 is 5.69 Å². The number of nitrogens with zero attached hydrogens (tertiary/aromatic N) is 2. The van der Waals surface area contributed by atoms with Crippen LogP contribution in [0, 0.1) is 0 Å². The molecule has 0 atom stereocenters. The van der Waals surface area contributed by atoms with E-state index in [0.717, 1.165) is 32.1 Å². The van der Waals surface area contributed by atoms with Crippen LogP contribution in [0.5, 0.6) is 0 Å². The number of nitrogens with one attached hydrogen (secondary N) is 2. The van der Waals surface area contributed by atoms with Gasteiger partial charge in [-0.05, 0) is 18.9 Å². The molecule has 1 fully saturated rings. The van der Waals surface area contributed by atoms with E-state index in [4.69, 9.17) is 0 Å². The van der Waals surface area contributed by atoms with E-state index in [1.807, 2.05) is 0 Å². The minimum atomic E-state index is -0.413. The highest BCUT2D eigenvalue weighted by Crippen LogP contribution is 2.26. The van der Waals surface area contributed by atoms with Crippen LogP contribution in [0.3, 0.4) is 0 Å². The summed E-state index contributed by atoms with van der Waals surface area (Å²) in [5, 5.41) is 2.91. The van der Waals surface area contributed by atoms with Crippen LogP contribution >= 0.6 is 0 Å². The quantitative estimate of drug-likeness (QED) is 0.867. The van der Waals surface area contributed by atoms with Crippen LogP contribution in [0.4, 0.5) is 5.69 Å². The summed E-state index contributed by atoms with van der Waals surface area (Å²) in [4.78, 5) is 42.7. The number of anilines is 1. The van der Waals surface area contributed by atoms with Crippen LogP contribution in [-0.4, -0.2) is 20.4 Å². The van der Waals surface area contributed by atoms with Gasteiger partial charge in [-0.2, -0.15) is 0 Å². The second-order valence-corrected chi connectivity index (χ2v) is 6.41. The average Bonchev–Trinajstić information content (AvgIpc) is 2.57. The first-order valence-electron chi connectivity index (χ1n) is 8.90. The Hall–Kier alpha value is -2.44. The molecule has 0 aliphatic heterocycles. The Morgan fingerprint density at radius 1 is 1.32 bits per heavy atom. The molecule has 140 valence electrons. The average molecular weight is 350 g/mol. The van der Waals surface area contributed by atoms with Gasteiger partial charge in [-0.15, -0.1) is 0 Å². The predicted octanol–water partition coefficient (Wildman–Crippen LogP) is 3.46. The van der Waals surface area contributed by atoms with Crippen LogP contribution in [0.25, 0.3) is 11.0 Å². The van der Waals surface area contributed by atoms with Gasteiger partial charge in [-0.3, -0.25) is 19.1 Å². The van der Waals surface area contributed by atoms with Crippen LogP contribution in [0.1, 0.15) is 68.2 Å².